The van der Waals surface area contributed by atoms with Crippen molar-refractivity contribution in [3.05, 3.63) is 0 Å². The second kappa shape index (κ2) is 10.1. The molecule has 5 fully saturated rings. The molecule has 0 radical (unpaired) electrons. The first-order valence-corrected chi connectivity index (χ1v) is 14.6. The molecular weight excluding hydrogens is 440 g/mol. The molecule has 0 N–H and O–H groups in total. The molecule has 0 aromatic carbocycles. The molecule has 4 saturated carbocycles. The molecule has 1 aliphatic heterocycles. The van der Waals surface area contributed by atoms with Crippen molar-refractivity contribution in [3.63, 3.8) is 0 Å². The zero-order valence-electron chi connectivity index (χ0n) is 22.6. The summed E-state index contributed by atoms with van der Waals surface area (Å²) in [5, 5.41) is 0. The highest BCUT2D eigenvalue weighted by atomic mass is 16.7. The lowest BCUT2D eigenvalue weighted by Gasteiger charge is -2.60. The standard InChI is InChI=1S/C30H48O5/c1-19(8-11-26(32)33-4)22-9-10-23-28-24(13-15-30(22,23)3)29(2)14-12-21(17-20(29)18-25(28)31)35-27-7-5-6-16-34-27/h19-24,27-28H,5-18H2,1-4H3/t19-,20+,21-,22-,23+,24+,27?,28+,29+,30-/m1/s1. The first kappa shape index (κ1) is 25.7. The minimum absolute atomic E-state index is 0.0304. The fourth-order valence-corrected chi connectivity index (χ4v) is 9.67. The molecule has 0 aromatic rings. The maximum atomic E-state index is 13.8. The van der Waals surface area contributed by atoms with Gasteiger partial charge in [-0.3, -0.25) is 9.59 Å². The van der Waals surface area contributed by atoms with E-state index in [1.54, 1.807) is 0 Å². The van der Waals surface area contributed by atoms with E-state index >= 15 is 0 Å². The van der Waals surface area contributed by atoms with Crippen molar-refractivity contribution >= 4 is 11.8 Å². The summed E-state index contributed by atoms with van der Waals surface area (Å²) in [6, 6.07) is 0. The lowest BCUT2D eigenvalue weighted by atomic mass is 9.44. The molecule has 0 aromatic heterocycles. The third kappa shape index (κ3) is 4.62. The first-order chi connectivity index (χ1) is 16.8. The van der Waals surface area contributed by atoms with Crippen LogP contribution in [0.25, 0.3) is 0 Å². The zero-order chi connectivity index (χ0) is 24.8. The highest BCUT2D eigenvalue weighted by Gasteiger charge is 2.63. The van der Waals surface area contributed by atoms with Gasteiger partial charge in [0.05, 0.1) is 13.2 Å². The van der Waals surface area contributed by atoms with E-state index in [4.69, 9.17) is 14.2 Å². The minimum atomic E-state index is -0.101. The molecule has 1 saturated heterocycles. The number of carbonyl (C=O) groups is 2. The van der Waals surface area contributed by atoms with Gasteiger partial charge in [0, 0.05) is 25.4 Å². The fraction of sp³-hybridized carbons (Fsp3) is 0.933. The van der Waals surface area contributed by atoms with Crippen LogP contribution in [0.5, 0.6) is 0 Å². The van der Waals surface area contributed by atoms with Gasteiger partial charge in [-0.2, -0.15) is 0 Å². The minimum Gasteiger partial charge on any atom is -0.469 e. The molecule has 5 heteroatoms. The number of methoxy groups -OCH3 is 1. The van der Waals surface area contributed by atoms with Gasteiger partial charge in [-0.25, -0.2) is 0 Å². The predicted molar refractivity (Wildman–Crippen MR) is 134 cm³/mol. The van der Waals surface area contributed by atoms with Gasteiger partial charge in [0.2, 0.25) is 0 Å². The van der Waals surface area contributed by atoms with Crippen molar-refractivity contribution in [1.82, 2.24) is 0 Å². The van der Waals surface area contributed by atoms with Gasteiger partial charge in [0.25, 0.3) is 0 Å². The molecule has 5 nitrogen and oxygen atoms in total. The molecule has 4 aliphatic carbocycles. The molecule has 0 bridgehead atoms. The number of ether oxygens (including phenoxy) is 3. The molecule has 1 unspecified atom stereocenters. The molecule has 10 atom stereocenters. The van der Waals surface area contributed by atoms with Crippen LogP contribution in [-0.4, -0.2) is 37.9 Å². The van der Waals surface area contributed by atoms with Crippen LogP contribution >= 0.6 is 0 Å². The number of rotatable bonds is 6. The molecular formula is C30H48O5. The highest BCUT2D eigenvalue weighted by Crippen LogP contribution is 2.67. The van der Waals surface area contributed by atoms with Gasteiger partial charge in [0.15, 0.2) is 6.29 Å². The van der Waals surface area contributed by atoms with Gasteiger partial charge in [-0.1, -0.05) is 20.8 Å². The van der Waals surface area contributed by atoms with Crippen LogP contribution in [0.3, 0.4) is 0 Å². The van der Waals surface area contributed by atoms with Crippen LogP contribution in [-0.2, 0) is 23.8 Å². The summed E-state index contributed by atoms with van der Waals surface area (Å²) < 4.78 is 17.2. The van der Waals surface area contributed by atoms with Crippen LogP contribution in [0, 0.1) is 46.3 Å². The average molecular weight is 489 g/mol. The largest absolute Gasteiger partial charge is 0.469 e. The predicted octanol–water partition coefficient (Wildman–Crippen LogP) is 6.33. The summed E-state index contributed by atoms with van der Waals surface area (Å²) in [6.07, 6.45) is 13.9. The van der Waals surface area contributed by atoms with Crippen LogP contribution in [0.1, 0.15) is 104 Å². The summed E-state index contributed by atoms with van der Waals surface area (Å²) in [4.78, 5) is 25.6. The van der Waals surface area contributed by atoms with Crippen LogP contribution in [0.15, 0.2) is 0 Å². The van der Waals surface area contributed by atoms with Gasteiger partial charge >= 0.3 is 5.97 Å². The van der Waals surface area contributed by atoms with E-state index in [-0.39, 0.29) is 35.1 Å². The zero-order valence-corrected chi connectivity index (χ0v) is 22.6. The van der Waals surface area contributed by atoms with E-state index in [2.05, 4.69) is 20.8 Å². The number of Topliss-reactive ketones (excluding diaryl/α,β-unsaturated/α-hetero) is 1. The maximum Gasteiger partial charge on any atom is 0.305 e. The summed E-state index contributed by atoms with van der Waals surface area (Å²) in [5.74, 6) is 3.30. The number of fused-ring (bicyclic) bond motifs is 5. The number of hydrogen-bond donors (Lipinski definition) is 0. The van der Waals surface area contributed by atoms with Gasteiger partial charge in [-0.15, -0.1) is 0 Å². The molecule has 198 valence electrons. The Morgan fingerprint density at radius 3 is 2.57 bits per heavy atom. The number of esters is 1. The van der Waals surface area contributed by atoms with Crippen LogP contribution < -0.4 is 0 Å². The SMILES string of the molecule is COC(=O)CC[C@@H](C)[C@H]1CC[C@H]2[C@@H]3C(=O)C[C@@H]4C[C@H](OC5CCCCO5)CC[C@]4(C)[C@H]3CC[C@]12C. The van der Waals surface area contributed by atoms with E-state index in [9.17, 15) is 9.59 Å². The lowest BCUT2D eigenvalue weighted by molar-refractivity contribution is -0.211. The lowest BCUT2D eigenvalue weighted by Crippen LogP contribution is -2.57. The van der Waals surface area contributed by atoms with Crippen molar-refractivity contribution in [2.75, 3.05) is 13.7 Å². The Hall–Kier alpha value is -0.940. The van der Waals surface area contributed by atoms with E-state index < -0.39 is 0 Å². The third-order valence-corrected chi connectivity index (χ3v) is 11.7. The topological polar surface area (TPSA) is 61.8 Å². The maximum absolute atomic E-state index is 13.8. The molecule has 1 heterocycles. The number of ketones is 1. The monoisotopic (exact) mass is 488 g/mol. The normalized spacial score (nSPS) is 46.3. The second-order valence-corrected chi connectivity index (χ2v) is 13.3. The Balaban J connectivity index is 1.27. The summed E-state index contributed by atoms with van der Waals surface area (Å²) >= 11 is 0. The smallest absolute Gasteiger partial charge is 0.305 e. The Bertz CT molecular complexity index is 790. The molecule has 5 rings (SSSR count). The summed E-state index contributed by atoms with van der Waals surface area (Å²) in [5.41, 5.74) is 0.496. The van der Waals surface area contributed by atoms with E-state index in [1.165, 1.54) is 45.6 Å². The van der Waals surface area contributed by atoms with E-state index in [0.717, 1.165) is 45.1 Å². The fourth-order valence-electron chi connectivity index (χ4n) is 9.67. The average Bonchev–Trinajstić information content (AvgIpc) is 3.21. The van der Waals surface area contributed by atoms with E-state index in [1.807, 2.05) is 0 Å². The Kier molecular flexibility index (Phi) is 7.40. The van der Waals surface area contributed by atoms with E-state index in [0.29, 0.717) is 41.8 Å². The Morgan fingerprint density at radius 1 is 1.06 bits per heavy atom. The molecule has 0 spiro atoms. The summed E-state index contributed by atoms with van der Waals surface area (Å²) in [7, 11) is 1.48. The van der Waals surface area contributed by atoms with Gasteiger partial charge in [-0.05, 0) is 111 Å². The van der Waals surface area contributed by atoms with Crippen molar-refractivity contribution in [3.8, 4) is 0 Å². The van der Waals surface area contributed by atoms with Crippen molar-refractivity contribution < 1.29 is 23.8 Å². The van der Waals surface area contributed by atoms with Crippen molar-refractivity contribution in [2.45, 2.75) is 117 Å². The quantitative estimate of drug-likeness (QED) is 0.323. The summed E-state index contributed by atoms with van der Waals surface area (Å²) in [6.45, 7) is 8.15. The second-order valence-electron chi connectivity index (χ2n) is 13.3. The molecule has 35 heavy (non-hydrogen) atoms. The first-order valence-electron chi connectivity index (χ1n) is 14.6. The Labute approximate surface area is 212 Å². The molecule has 0 amide bonds. The van der Waals surface area contributed by atoms with Gasteiger partial charge < -0.3 is 14.2 Å². The van der Waals surface area contributed by atoms with Crippen molar-refractivity contribution in [2.24, 2.45) is 46.3 Å². The number of carbonyl (C=O) groups excluding carboxylic acids is 2. The highest BCUT2D eigenvalue weighted by molar-refractivity contribution is 5.83. The van der Waals surface area contributed by atoms with Crippen molar-refractivity contribution in [1.29, 1.82) is 0 Å². The Morgan fingerprint density at radius 2 is 1.83 bits per heavy atom. The number of hydrogen-bond acceptors (Lipinski definition) is 5. The van der Waals surface area contributed by atoms with Gasteiger partial charge in [0.1, 0.15) is 5.78 Å². The third-order valence-electron chi connectivity index (χ3n) is 11.7. The molecule has 5 aliphatic rings. The van der Waals surface area contributed by atoms with Crippen LogP contribution in [0.2, 0.25) is 0 Å². The van der Waals surface area contributed by atoms with Crippen LogP contribution in [0.4, 0.5) is 0 Å².